The number of nitrogens with zero attached hydrogens (tertiary/aromatic N) is 1. The SMILES string of the molecule is NC(=O)N(O)CCc1ccc2c(c1)oc1cc(Cc3ccccc3)ccc12. The quantitative estimate of drug-likeness (QED) is 0.406. The predicted octanol–water partition coefficient (Wildman–Crippen LogP) is 4.49. The first-order valence-electron chi connectivity index (χ1n) is 8.84. The van der Waals surface area contributed by atoms with Gasteiger partial charge in [-0.3, -0.25) is 5.21 Å². The minimum Gasteiger partial charge on any atom is -0.456 e. The maximum absolute atomic E-state index is 10.9. The number of carbonyl (C=O) groups excluding carboxylic acids is 1. The molecular weight excluding hydrogens is 340 g/mol. The fraction of sp³-hybridized carbons (Fsp3) is 0.136. The molecule has 5 nitrogen and oxygen atoms in total. The molecule has 0 radical (unpaired) electrons. The smallest absolute Gasteiger partial charge is 0.338 e. The van der Waals surface area contributed by atoms with E-state index in [9.17, 15) is 10.0 Å². The molecule has 4 rings (SSSR count). The Hall–Kier alpha value is -3.31. The van der Waals surface area contributed by atoms with Gasteiger partial charge in [-0.05, 0) is 41.7 Å². The van der Waals surface area contributed by atoms with Crippen LogP contribution in [0.4, 0.5) is 4.79 Å². The van der Waals surface area contributed by atoms with Gasteiger partial charge in [0.15, 0.2) is 0 Å². The summed E-state index contributed by atoms with van der Waals surface area (Å²) in [6.07, 6.45) is 1.35. The van der Waals surface area contributed by atoms with Gasteiger partial charge in [-0.25, -0.2) is 9.86 Å². The Morgan fingerprint density at radius 3 is 2.19 bits per heavy atom. The van der Waals surface area contributed by atoms with Crippen LogP contribution in [0.2, 0.25) is 0 Å². The Morgan fingerprint density at radius 1 is 0.889 bits per heavy atom. The van der Waals surface area contributed by atoms with Crippen molar-refractivity contribution in [3.8, 4) is 0 Å². The lowest BCUT2D eigenvalue weighted by Crippen LogP contribution is -2.34. The summed E-state index contributed by atoms with van der Waals surface area (Å²) in [6, 6.07) is 21.7. The van der Waals surface area contributed by atoms with Gasteiger partial charge in [-0.1, -0.05) is 54.6 Å². The van der Waals surface area contributed by atoms with Crippen molar-refractivity contribution in [1.29, 1.82) is 0 Å². The van der Waals surface area contributed by atoms with E-state index in [-0.39, 0.29) is 6.54 Å². The highest BCUT2D eigenvalue weighted by Gasteiger charge is 2.10. The minimum atomic E-state index is -0.856. The lowest BCUT2D eigenvalue weighted by atomic mass is 10.0. The number of nitrogens with two attached hydrogens (primary N) is 1. The number of hydrogen-bond donors (Lipinski definition) is 2. The van der Waals surface area contributed by atoms with Crippen molar-refractivity contribution in [2.24, 2.45) is 5.73 Å². The Kier molecular flexibility index (Phi) is 4.52. The molecule has 0 unspecified atom stereocenters. The van der Waals surface area contributed by atoms with Gasteiger partial charge in [0.05, 0.1) is 6.54 Å². The lowest BCUT2D eigenvalue weighted by Gasteiger charge is -2.11. The fourth-order valence-electron chi connectivity index (χ4n) is 3.31. The number of primary amides is 1. The maximum atomic E-state index is 10.9. The largest absolute Gasteiger partial charge is 0.456 e. The molecule has 0 fully saturated rings. The van der Waals surface area contributed by atoms with Gasteiger partial charge in [0.2, 0.25) is 0 Å². The molecule has 3 aromatic carbocycles. The molecule has 5 heteroatoms. The van der Waals surface area contributed by atoms with Gasteiger partial charge < -0.3 is 10.2 Å². The van der Waals surface area contributed by atoms with E-state index in [1.165, 1.54) is 11.1 Å². The van der Waals surface area contributed by atoms with Crippen LogP contribution in [-0.4, -0.2) is 22.8 Å². The molecule has 2 amide bonds. The third-order valence-electron chi connectivity index (χ3n) is 4.72. The Labute approximate surface area is 156 Å². The van der Waals surface area contributed by atoms with Crippen molar-refractivity contribution in [2.75, 3.05) is 6.54 Å². The second-order valence-electron chi connectivity index (χ2n) is 6.64. The van der Waals surface area contributed by atoms with Crippen LogP contribution >= 0.6 is 0 Å². The molecule has 1 heterocycles. The summed E-state index contributed by atoms with van der Waals surface area (Å²) in [4.78, 5) is 10.9. The van der Waals surface area contributed by atoms with Gasteiger partial charge in [0, 0.05) is 10.8 Å². The van der Waals surface area contributed by atoms with Gasteiger partial charge in [0.1, 0.15) is 11.2 Å². The summed E-state index contributed by atoms with van der Waals surface area (Å²) >= 11 is 0. The summed E-state index contributed by atoms with van der Waals surface area (Å²) in [6.45, 7) is 0.141. The molecule has 0 saturated carbocycles. The molecule has 136 valence electrons. The van der Waals surface area contributed by atoms with Crippen molar-refractivity contribution in [3.63, 3.8) is 0 Å². The average Bonchev–Trinajstić information content (AvgIpc) is 3.03. The van der Waals surface area contributed by atoms with Crippen LogP contribution in [0, 0.1) is 0 Å². The monoisotopic (exact) mass is 360 g/mol. The van der Waals surface area contributed by atoms with E-state index in [0.29, 0.717) is 11.5 Å². The van der Waals surface area contributed by atoms with Gasteiger partial charge >= 0.3 is 6.03 Å². The number of hydrogen-bond acceptors (Lipinski definition) is 3. The minimum absolute atomic E-state index is 0.141. The van der Waals surface area contributed by atoms with E-state index in [0.717, 1.165) is 33.9 Å². The van der Waals surface area contributed by atoms with Gasteiger partial charge in [-0.15, -0.1) is 0 Å². The topological polar surface area (TPSA) is 79.7 Å². The normalized spacial score (nSPS) is 11.1. The molecule has 0 aliphatic rings. The highest BCUT2D eigenvalue weighted by Crippen LogP contribution is 2.30. The van der Waals surface area contributed by atoms with Crippen LogP contribution in [0.5, 0.6) is 0 Å². The summed E-state index contributed by atoms with van der Waals surface area (Å²) in [7, 11) is 0. The predicted molar refractivity (Wildman–Crippen MR) is 105 cm³/mol. The molecule has 0 atom stereocenters. The zero-order valence-corrected chi connectivity index (χ0v) is 14.8. The van der Waals surface area contributed by atoms with Crippen LogP contribution in [0.15, 0.2) is 71.1 Å². The molecule has 0 aliphatic carbocycles. The second-order valence-corrected chi connectivity index (χ2v) is 6.64. The van der Waals surface area contributed by atoms with Gasteiger partial charge in [-0.2, -0.15) is 0 Å². The average molecular weight is 360 g/mol. The Balaban J connectivity index is 1.61. The van der Waals surface area contributed by atoms with E-state index in [1.54, 1.807) is 0 Å². The standard InChI is InChI=1S/C22H20N2O3/c23-22(25)24(26)11-10-16-6-8-18-19-9-7-17(12-15-4-2-1-3-5-15)14-21(19)27-20(18)13-16/h1-9,13-14,26H,10-12H2,(H2,23,25). The van der Waals surface area contributed by atoms with Crippen LogP contribution in [-0.2, 0) is 12.8 Å². The van der Waals surface area contributed by atoms with E-state index < -0.39 is 6.03 Å². The molecule has 0 bridgehead atoms. The third-order valence-corrected chi connectivity index (χ3v) is 4.72. The first-order valence-corrected chi connectivity index (χ1v) is 8.84. The number of amides is 2. The highest BCUT2D eigenvalue weighted by molar-refractivity contribution is 6.05. The number of rotatable bonds is 5. The first-order chi connectivity index (χ1) is 13.1. The third kappa shape index (κ3) is 3.64. The van der Waals surface area contributed by atoms with E-state index in [4.69, 9.17) is 10.2 Å². The van der Waals surface area contributed by atoms with E-state index in [1.807, 2.05) is 36.4 Å². The number of furan rings is 1. The summed E-state index contributed by atoms with van der Waals surface area (Å²) in [5.41, 5.74) is 10.1. The van der Waals surface area contributed by atoms with Crippen molar-refractivity contribution >= 4 is 28.0 Å². The number of hydroxylamine groups is 2. The molecule has 4 aromatic rings. The van der Waals surface area contributed by atoms with E-state index in [2.05, 4.69) is 30.3 Å². The molecule has 27 heavy (non-hydrogen) atoms. The van der Waals surface area contributed by atoms with Crippen LogP contribution in [0.1, 0.15) is 16.7 Å². The van der Waals surface area contributed by atoms with Crippen molar-refractivity contribution in [3.05, 3.63) is 83.4 Å². The molecule has 0 aliphatic heterocycles. The molecule has 1 aromatic heterocycles. The summed E-state index contributed by atoms with van der Waals surface area (Å²) < 4.78 is 6.06. The Morgan fingerprint density at radius 2 is 1.52 bits per heavy atom. The zero-order valence-electron chi connectivity index (χ0n) is 14.8. The molecule has 3 N–H and O–H groups in total. The number of carbonyl (C=O) groups is 1. The summed E-state index contributed by atoms with van der Waals surface area (Å²) in [5, 5.41) is 12.0. The van der Waals surface area contributed by atoms with Crippen LogP contribution in [0.25, 0.3) is 21.9 Å². The van der Waals surface area contributed by atoms with Crippen molar-refractivity contribution in [1.82, 2.24) is 5.06 Å². The lowest BCUT2D eigenvalue weighted by molar-refractivity contribution is -0.0382. The first kappa shape index (κ1) is 17.1. The Bertz CT molecular complexity index is 1100. The highest BCUT2D eigenvalue weighted by atomic mass is 16.5. The zero-order chi connectivity index (χ0) is 18.8. The number of fused-ring (bicyclic) bond motifs is 3. The van der Waals surface area contributed by atoms with Crippen LogP contribution < -0.4 is 5.73 Å². The maximum Gasteiger partial charge on any atom is 0.338 e. The molecular formula is C22H20N2O3. The van der Waals surface area contributed by atoms with Crippen molar-refractivity contribution < 1.29 is 14.4 Å². The van der Waals surface area contributed by atoms with E-state index >= 15 is 0 Å². The van der Waals surface area contributed by atoms with Crippen molar-refractivity contribution in [2.45, 2.75) is 12.8 Å². The molecule has 0 saturated heterocycles. The van der Waals surface area contributed by atoms with Crippen LogP contribution in [0.3, 0.4) is 0 Å². The summed E-state index contributed by atoms with van der Waals surface area (Å²) in [5.74, 6) is 0. The number of benzene rings is 3. The van der Waals surface area contributed by atoms with Gasteiger partial charge in [0.25, 0.3) is 0 Å². The fourth-order valence-corrected chi connectivity index (χ4v) is 3.31. The second kappa shape index (κ2) is 7.13. The molecule has 0 spiro atoms. The number of urea groups is 1.